The van der Waals surface area contributed by atoms with E-state index in [0.717, 1.165) is 12.3 Å². The summed E-state index contributed by atoms with van der Waals surface area (Å²) >= 11 is 9.53. The Labute approximate surface area is 122 Å². The van der Waals surface area contributed by atoms with E-state index in [1.165, 1.54) is 9.75 Å². The van der Waals surface area contributed by atoms with E-state index in [-0.39, 0.29) is 11.3 Å². The van der Waals surface area contributed by atoms with Gasteiger partial charge in [-0.3, -0.25) is 4.79 Å². The van der Waals surface area contributed by atoms with Crippen molar-refractivity contribution in [3.63, 3.8) is 0 Å². The maximum absolute atomic E-state index is 12.5. The zero-order valence-corrected chi connectivity index (χ0v) is 13.3. The molecule has 2 heterocycles. The number of thioether (sulfide) groups is 1. The summed E-state index contributed by atoms with van der Waals surface area (Å²) in [6, 6.07) is 4.26. The van der Waals surface area contributed by atoms with E-state index in [0.29, 0.717) is 5.88 Å². The van der Waals surface area contributed by atoms with Crippen molar-refractivity contribution < 1.29 is 4.79 Å². The monoisotopic (exact) mass is 303 g/mol. The van der Waals surface area contributed by atoms with Crippen LogP contribution in [0, 0.1) is 12.3 Å². The Morgan fingerprint density at radius 3 is 2.83 bits per heavy atom. The van der Waals surface area contributed by atoms with E-state index in [2.05, 4.69) is 19.1 Å². The lowest BCUT2D eigenvalue weighted by Crippen LogP contribution is -2.41. The average molecular weight is 304 g/mol. The maximum atomic E-state index is 12.5. The number of halogens is 1. The largest absolute Gasteiger partial charge is 0.324 e. The van der Waals surface area contributed by atoms with Crippen molar-refractivity contribution in [2.45, 2.75) is 26.1 Å². The molecule has 5 heteroatoms. The summed E-state index contributed by atoms with van der Waals surface area (Å²) in [5, 5.41) is 0.179. The summed E-state index contributed by atoms with van der Waals surface area (Å²) in [5.74, 6) is 1.54. The lowest BCUT2D eigenvalue weighted by atomic mass is 9.94. The summed E-state index contributed by atoms with van der Waals surface area (Å²) in [6.45, 7) is 6.76. The lowest BCUT2D eigenvalue weighted by Gasteiger charge is -2.30. The second kappa shape index (κ2) is 5.43. The lowest BCUT2D eigenvalue weighted by molar-refractivity contribution is -0.139. The Hall–Kier alpha value is -0.190. The highest BCUT2D eigenvalue weighted by atomic mass is 35.5. The number of hydrogen-bond acceptors (Lipinski definition) is 3. The van der Waals surface area contributed by atoms with Crippen LogP contribution in [0.1, 0.15) is 29.0 Å². The number of aryl methyl sites for hydroxylation is 1. The van der Waals surface area contributed by atoms with Crippen molar-refractivity contribution in [3.8, 4) is 0 Å². The van der Waals surface area contributed by atoms with Gasteiger partial charge in [0.05, 0.1) is 5.41 Å². The summed E-state index contributed by atoms with van der Waals surface area (Å²) < 4.78 is 0. The van der Waals surface area contributed by atoms with Crippen LogP contribution in [-0.4, -0.2) is 29.0 Å². The molecule has 1 fully saturated rings. The van der Waals surface area contributed by atoms with Gasteiger partial charge in [-0.15, -0.1) is 34.7 Å². The first-order chi connectivity index (χ1) is 8.45. The SMILES string of the molecule is Cc1ccc([C@@H]2SCCN2C(=O)C(C)(C)CCl)s1. The molecular weight excluding hydrogens is 286 g/mol. The smallest absolute Gasteiger partial charge is 0.230 e. The third-order valence-corrected chi connectivity index (χ3v) is 6.18. The summed E-state index contributed by atoms with van der Waals surface area (Å²) in [6.07, 6.45) is 0. The van der Waals surface area contributed by atoms with Gasteiger partial charge in [-0.05, 0) is 32.9 Å². The molecule has 0 saturated carbocycles. The van der Waals surface area contributed by atoms with Gasteiger partial charge < -0.3 is 4.90 Å². The molecule has 100 valence electrons. The third kappa shape index (κ3) is 2.70. The first-order valence-electron chi connectivity index (χ1n) is 6.00. The number of nitrogens with zero attached hydrogens (tertiary/aromatic N) is 1. The number of alkyl halides is 1. The van der Waals surface area contributed by atoms with Gasteiger partial charge in [-0.2, -0.15) is 0 Å². The normalized spacial score (nSPS) is 20.4. The van der Waals surface area contributed by atoms with Gasteiger partial charge in [0.2, 0.25) is 5.91 Å². The third-order valence-electron chi connectivity index (χ3n) is 3.07. The van der Waals surface area contributed by atoms with Gasteiger partial charge in [-0.1, -0.05) is 0 Å². The highest BCUT2D eigenvalue weighted by Crippen LogP contribution is 2.42. The van der Waals surface area contributed by atoms with Crippen molar-refractivity contribution in [1.82, 2.24) is 4.90 Å². The van der Waals surface area contributed by atoms with E-state index in [1.807, 2.05) is 30.5 Å². The molecule has 1 aliphatic rings. The van der Waals surface area contributed by atoms with Crippen molar-refractivity contribution in [2.24, 2.45) is 5.41 Å². The minimum Gasteiger partial charge on any atom is -0.324 e. The topological polar surface area (TPSA) is 20.3 Å². The molecule has 1 aromatic rings. The Morgan fingerprint density at radius 1 is 1.56 bits per heavy atom. The van der Waals surface area contributed by atoms with Crippen LogP contribution in [0.25, 0.3) is 0 Å². The van der Waals surface area contributed by atoms with Crippen LogP contribution >= 0.6 is 34.7 Å². The number of carbonyl (C=O) groups is 1. The molecule has 0 spiro atoms. The Bertz CT molecular complexity index is 444. The van der Waals surface area contributed by atoms with Gasteiger partial charge in [0.15, 0.2) is 0 Å². The molecule has 0 unspecified atom stereocenters. The van der Waals surface area contributed by atoms with Crippen molar-refractivity contribution in [3.05, 3.63) is 21.9 Å². The fourth-order valence-corrected chi connectivity index (χ4v) is 4.43. The molecule has 1 aliphatic heterocycles. The summed E-state index contributed by atoms with van der Waals surface area (Å²) in [4.78, 5) is 17.1. The van der Waals surface area contributed by atoms with Crippen LogP contribution in [-0.2, 0) is 4.79 Å². The Morgan fingerprint density at radius 2 is 2.28 bits per heavy atom. The van der Waals surface area contributed by atoms with Crippen LogP contribution in [0.15, 0.2) is 12.1 Å². The van der Waals surface area contributed by atoms with Crippen LogP contribution in [0.4, 0.5) is 0 Å². The second-order valence-corrected chi connectivity index (χ2v) is 7.96. The van der Waals surface area contributed by atoms with Crippen LogP contribution in [0.2, 0.25) is 0 Å². The molecule has 2 rings (SSSR count). The van der Waals surface area contributed by atoms with Gasteiger partial charge in [0.1, 0.15) is 5.37 Å². The Balaban J connectivity index is 2.20. The van der Waals surface area contributed by atoms with Gasteiger partial charge in [0, 0.05) is 27.9 Å². The molecule has 18 heavy (non-hydrogen) atoms. The zero-order chi connectivity index (χ0) is 13.3. The molecule has 1 atom stereocenters. The molecule has 0 N–H and O–H groups in total. The first-order valence-corrected chi connectivity index (χ1v) is 8.40. The molecule has 0 bridgehead atoms. The van der Waals surface area contributed by atoms with E-state index in [9.17, 15) is 4.79 Å². The highest BCUT2D eigenvalue weighted by molar-refractivity contribution is 7.99. The second-order valence-electron chi connectivity index (χ2n) is 5.19. The van der Waals surface area contributed by atoms with E-state index < -0.39 is 5.41 Å². The molecule has 0 radical (unpaired) electrons. The van der Waals surface area contributed by atoms with Crippen LogP contribution in [0.5, 0.6) is 0 Å². The van der Waals surface area contributed by atoms with Gasteiger partial charge >= 0.3 is 0 Å². The minimum atomic E-state index is -0.475. The fourth-order valence-electron chi connectivity index (χ4n) is 1.95. The van der Waals surface area contributed by atoms with Crippen molar-refractivity contribution in [2.75, 3.05) is 18.2 Å². The number of hydrogen-bond donors (Lipinski definition) is 0. The summed E-state index contributed by atoms with van der Waals surface area (Å²) in [7, 11) is 0. The van der Waals surface area contributed by atoms with Crippen molar-refractivity contribution >= 4 is 40.6 Å². The molecule has 2 nitrogen and oxygen atoms in total. The quantitative estimate of drug-likeness (QED) is 0.790. The molecule has 1 saturated heterocycles. The van der Waals surface area contributed by atoms with E-state index in [1.54, 1.807) is 11.3 Å². The first kappa shape index (κ1) is 14.2. The fraction of sp³-hybridized carbons (Fsp3) is 0.615. The van der Waals surface area contributed by atoms with Gasteiger partial charge in [-0.25, -0.2) is 0 Å². The van der Waals surface area contributed by atoms with Crippen molar-refractivity contribution in [1.29, 1.82) is 0 Å². The van der Waals surface area contributed by atoms with E-state index >= 15 is 0 Å². The molecular formula is C13H18ClNOS2. The molecule has 1 aromatic heterocycles. The van der Waals surface area contributed by atoms with Crippen LogP contribution in [0.3, 0.4) is 0 Å². The summed E-state index contributed by atoms with van der Waals surface area (Å²) in [5.41, 5.74) is -0.475. The highest BCUT2D eigenvalue weighted by Gasteiger charge is 2.38. The number of rotatable bonds is 3. The zero-order valence-electron chi connectivity index (χ0n) is 10.9. The number of amides is 1. The standard InChI is InChI=1S/C13H18ClNOS2/c1-9-4-5-10(18-9)11-15(6-7-17-11)12(16)13(2,3)8-14/h4-5,11H,6-8H2,1-3H3/t11-/m0/s1. The van der Waals surface area contributed by atoms with Crippen LogP contribution < -0.4 is 0 Å². The maximum Gasteiger partial charge on any atom is 0.230 e. The predicted molar refractivity (Wildman–Crippen MR) is 80.5 cm³/mol. The van der Waals surface area contributed by atoms with Gasteiger partial charge in [0.25, 0.3) is 0 Å². The molecule has 0 aliphatic carbocycles. The van der Waals surface area contributed by atoms with E-state index in [4.69, 9.17) is 11.6 Å². The molecule has 1 amide bonds. The number of carbonyl (C=O) groups excluding carboxylic acids is 1. The minimum absolute atomic E-state index is 0.165. The number of thiophene rings is 1. The molecule has 0 aromatic carbocycles. The Kier molecular flexibility index (Phi) is 4.29. The predicted octanol–water partition coefficient (Wildman–Crippen LogP) is 3.90. The average Bonchev–Trinajstić information content (AvgIpc) is 2.95.